The van der Waals surface area contributed by atoms with E-state index >= 15 is 0 Å². The van der Waals surface area contributed by atoms with Crippen LogP contribution in [0, 0.1) is 10.1 Å². The van der Waals surface area contributed by atoms with E-state index in [1.807, 2.05) is 0 Å². The molecule has 6 nitrogen and oxygen atoms in total. The fourth-order valence-electron chi connectivity index (χ4n) is 2.25. The number of hydrogen-bond acceptors (Lipinski definition) is 6. The van der Waals surface area contributed by atoms with E-state index in [-0.39, 0.29) is 11.7 Å². The summed E-state index contributed by atoms with van der Waals surface area (Å²) >= 11 is 1.73. The van der Waals surface area contributed by atoms with Crippen molar-refractivity contribution >= 4 is 22.4 Å². The molecule has 1 aliphatic rings. The van der Waals surface area contributed by atoms with Gasteiger partial charge in [-0.15, -0.1) is 11.8 Å². The molecule has 114 valence electrons. The summed E-state index contributed by atoms with van der Waals surface area (Å²) in [6, 6.07) is 6.10. The van der Waals surface area contributed by atoms with Gasteiger partial charge < -0.3 is 10.2 Å². The molecule has 0 fully saturated rings. The maximum absolute atomic E-state index is 10.6. The van der Waals surface area contributed by atoms with Gasteiger partial charge in [0.25, 0.3) is 5.69 Å². The number of allylic oxidation sites excluding steroid dienone is 1. The van der Waals surface area contributed by atoms with Crippen LogP contribution in [0.3, 0.4) is 0 Å². The maximum atomic E-state index is 10.6. The third-order valence-electron chi connectivity index (χ3n) is 3.42. The van der Waals surface area contributed by atoms with Gasteiger partial charge in [0.15, 0.2) is 0 Å². The summed E-state index contributed by atoms with van der Waals surface area (Å²) in [5.74, 6) is 1.68. The normalized spacial score (nSPS) is 15.6. The summed E-state index contributed by atoms with van der Waals surface area (Å²) in [5, 5.41) is 10.6. The highest BCUT2D eigenvalue weighted by Crippen LogP contribution is 2.33. The molecule has 1 aliphatic heterocycles. The number of nitro benzene ring substituents is 1. The van der Waals surface area contributed by atoms with Gasteiger partial charge in [0.2, 0.25) is 5.89 Å². The van der Waals surface area contributed by atoms with Gasteiger partial charge in [-0.25, -0.2) is 4.98 Å². The largest absolute Gasteiger partial charge is 0.444 e. The average Bonchev–Trinajstić information content (AvgIpc) is 3.19. The highest BCUT2D eigenvalue weighted by atomic mass is 32.2. The number of aromatic nitrogens is 1. The molecule has 0 unspecified atom stereocenters. The van der Waals surface area contributed by atoms with Crippen molar-refractivity contribution in [1.82, 2.24) is 4.98 Å². The molecule has 0 bridgehead atoms. The van der Waals surface area contributed by atoms with Crippen LogP contribution in [0.1, 0.15) is 29.6 Å². The van der Waals surface area contributed by atoms with Crippen LogP contribution in [-0.4, -0.2) is 15.7 Å². The molecule has 22 heavy (non-hydrogen) atoms. The van der Waals surface area contributed by atoms with Crippen LogP contribution in [0.15, 0.2) is 41.0 Å². The standard InChI is InChI=1S/C15H15N3O3S/c16-12(8-10-3-5-11(6-4-10)18(19)20)13-9-21-15(17-13)14-2-1-7-22-14/h2-6,9,12H,1,7-8,16H2/t12-/m0/s1. The second-order valence-electron chi connectivity index (χ2n) is 5.02. The Hall–Kier alpha value is -2.12. The van der Waals surface area contributed by atoms with Gasteiger partial charge in [0.1, 0.15) is 6.26 Å². The predicted molar refractivity (Wildman–Crippen MR) is 85.3 cm³/mol. The summed E-state index contributed by atoms with van der Waals surface area (Å²) in [6.45, 7) is 0. The topological polar surface area (TPSA) is 95.2 Å². The van der Waals surface area contributed by atoms with Gasteiger partial charge in [-0.2, -0.15) is 0 Å². The molecule has 2 N–H and O–H groups in total. The van der Waals surface area contributed by atoms with Gasteiger partial charge >= 0.3 is 0 Å². The monoisotopic (exact) mass is 317 g/mol. The molecule has 2 heterocycles. The first kappa shape index (κ1) is 14.8. The van der Waals surface area contributed by atoms with Crippen molar-refractivity contribution in [3.8, 4) is 0 Å². The molecular formula is C15H15N3O3S. The second-order valence-corrected chi connectivity index (χ2v) is 6.15. The van der Waals surface area contributed by atoms with E-state index in [9.17, 15) is 10.1 Å². The zero-order chi connectivity index (χ0) is 15.5. The lowest BCUT2D eigenvalue weighted by Gasteiger charge is -2.07. The average molecular weight is 317 g/mol. The van der Waals surface area contributed by atoms with Crippen molar-refractivity contribution in [3.05, 3.63) is 63.9 Å². The highest BCUT2D eigenvalue weighted by molar-refractivity contribution is 8.08. The summed E-state index contributed by atoms with van der Waals surface area (Å²) in [5.41, 5.74) is 7.85. The number of thioether (sulfide) groups is 1. The molecule has 1 aromatic heterocycles. The second kappa shape index (κ2) is 6.33. The van der Waals surface area contributed by atoms with E-state index in [2.05, 4.69) is 11.1 Å². The number of nitrogens with two attached hydrogens (primary N) is 1. The van der Waals surface area contributed by atoms with Crippen LogP contribution in [0.2, 0.25) is 0 Å². The lowest BCUT2D eigenvalue weighted by molar-refractivity contribution is -0.384. The fraction of sp³-hybridized carbons (Fsp3) is 0.267. The zero-order valence-electron chi connectivity index (χ0n) is 11.8. The number of hydrogen-bond donors (Lipinski definition) is 1. The van der Waals surface area contributed by atoms with Crippen molar-refractivity contribution in [2.75, 3.05) is 5.75 Å². The fourth-order valence-corrected chi connectivity index (χ4v) is 3.16. The Morgan fingerprint density at radius 1 is 1.41 bits per heavy atom. The third-order valence-corrected chi connectivity index (χ3v) is 4.51. The van der Waals surface area contributed by atoms with Crippen LogP contribution in [0.4, 0.5) is 5.69 Å². The lowest BCUT2D eigenvalue weighted by Crippen LogP contribution is -2.13. The minimum Gasteiger partial charge on any atom is -0.444 e. The molecule has 0 spiro atoms. The number of oxazole rings is 1. The first-order chi connectivity index (χ1) is 10.6. The smallest absolute Gasteiger partial charge is 0.269 e. The third kappa shape index (κ3) is 3.20. The predicted octanol–water partition coefficient (Wildman–Crippen LogP) is 3.30. The molecule has 1 atom stereocenters. The van der Waals surface area contributed by atoms with Gasteiger partial charge in [0.05, 0.1) is 21.6 Å². The van der Waals surface area contributed by atoms with E-state index in [1.54, 1.807) is 30.2 Å². The Balaban J connectivity index is 1.68. The van der Waals surface area contributed by atoms with Gasteiger partial charge in [-0.05, 0) is 18.4 Å². The molecule has 0 saturated carbocycles. The number of rotatable bonds is 5. The Kier molecular flexibility index (Phi) is 4.26. The van der Waals surface area contributed by atoms with Gasteiger partial charge in [-0.3, -0.25) is 10.1 Å². The zero-order valence-corrected chi connectivity index (χ0v) is 12.6. The Labute approximate surface area is 131 Å². The Morgan fingerprint density at radius 2 is 2.18 bits per heavy atom. The number of benzene rings is 1. The molecule has 0 aliphatic carbocycles. The number of nitrogens with zero attached hydrogens (tertiary/aromatic N) is 2. The van der Waals surface area contributed by atoms with Crippen LogP contribution >= 0.6 is 11.8 Å². The van der Waals surface area contributed by atoms with Crippen LogP contribution in [0.5, 0.6) is 0 Å². The van der Waals surface area contributed by atoms with E-state index in [0.29, 0.717) is 18.0 Å². The van der Waals surface area contributed by atoms with Crippen molar-refractivity contribution in [2.24, 2.45) is 5.73 Å². The van der Waals surface area contributed by atoms with Crippen LogP contribution in [0.25, 0.3) is 4.91 Å². The number of non-ortho nitro benzene ring substituents is 1. The van der Waals surface area contributed by atoms with E-state index in [1.165, 1.54) is 12.1 Å². The summed E-state index contributed by atoms with van der Waals surface area (Å²) in [4.78, 5) is 15.7. The summed E-state index contributed by atoms with van der Waals surface area (Å²) in [6.07, 6.45) is 5.29. The van der Waals surface area contributed by atoms with E-state index in [4.69, 9.17) is 10.2 Å². The van der Waals surface area contributed by atoms with Gasteiger partial charge in [0, 0.05) is 17.9 Å². The molecular weight excluding hydrogens is 302 g/mol. The number of nitro groups is 1. The van der Waals surface area contributed by atoms with Crippen molar-refractivity contribution in [1.29, 1.82) is 0 Å². The minimum absolute atomic E-state index is 0.0752. The molecule has 3 rings (SSSR count). The van der Waals surface area contributed by atoms with Crippen molar-refractivity contribution in [3.63, 3.8) is 0 Å². The summed E-state index contributed by atoms with van der Waals surface area (Å²) in [7, 11) is 0. The van der Waals surface area contributed by atoms with Crippen molar-refractivity contribution < 1.29 is 9.34 Å². The molecule has 0 saturated heterocycles. The maximum Gasteiger partial charge on any atom is 0.269 e. The Bertz CT molecular complexity index is 709. The van der Waals surface area contributed by atoms with E-state index in [0.717, 1.165) is 22.6 Å². The van der Waals surface area contributed by atoms with E-state index < -0.39 is 4.92 Å². The molecule has 7 heteroatoms. The highest BCUT2D eigenvalue weighted by Gasteiger charge is 2.17. The molecule has 2 aromatic rings. The van der Waals surface area contributed by atoms with Crippen LogP contribution < -0.4 is 5.73 Å². The van der Waals surface area contributed by atoms with Crippen LogP contribution in [-0.2, 0) is 6.42 Å². The lowest BCUT2D eigenvalue weighted by atomic mass is 10.0. The first-order valence-corrected chi connectivity index (χ1v) is 7.89. The molecule has 0 amide bonds. The quantitative estimate of drug-likeness (QED) is 0.671. The molecule has 0 radical (unpaired) electrons. The van der Waals surface area contributed by atoms with Crippen molar-refractivity contribution in [2.45, 2.75) is 18.9 Å². The van der Waals surface area contributed by atoms with Gasteiger partial charge in [-0.1, -0.05) is 18.2 Å². The summed E-state index contributed by atoms with van der Waals surface area (Å²) < 4.78 is 5.49. The SMILES string of the molecule is N[C@@H](Cc1ccc([N+](=O)[O-])cc1)c1coc(C2=CCCS2)n1. The minimum atomic E-state index is -0.416. The Morgan fingerprint density at radius 3 is 2.82 bits per heavy atom. The first-order valence-electron chi connectivity index (χ1n) is 6.91. The molecule has 1 aromatic carbocycles.